The molecule has 0 amide bonds. The lowest BCUT2D eigenvalue weighted by atomic mass is 10.1. The van der Waals surface area contributed by atoms with Gasteiger partial charge in [0.05, 0.1) is 19.3 Å². The van der Waals surface area contributed by atoms with E-state index < -0.39 is 6.10 Å². The number of rotatable bonds is 6. The molecule has 0 saturated carbocycles. The molecule has 2 atom stereocenters. The summed E-state index contributed by atoms with van der Waals surface area (Å²) in [5.74, 6) is 0. The largest absolute Gasteiger partial charge is 0.394 e. The molecule has 1 aromatic heterocycles. The summed E-state index contributed by atoms with van der Waals surface area (Å²) in [6.45, 7) is 2.37. The maximum atomic E-state index is 9.29. The van der Waals surface area contributed by atoms with Gasteiger partial charge in [-0.05, 0) is 25.1 Å². The molecule has 15 heavy (non-hydrogen) atoms. The van der Waals surface area contributed by atoms with Gasteiger partial charge in [0.1, 0.15) is 0 Å². The SMILES string of the molecule is CCC(NC)c1ccn(CC(O)CO)c1. The van der Waals surface area contributed by atoms with Crippen molar-refractivity contribution in [2.75, 3.05) is 13.7 Å². The molecule has 0 aliphatic carbocycles. The molecule has 0 fully saturated rings. The summed E-state index contributed by atoms with van der Waals surface area (Å²) in [4.78, 5) is 0. The second-order valence-corrected chi connectivity index (χ2v) is 3.73. The first-order valence-electron chi connectivity index (χ1n) is 5.33. The van der Waals surface area contributed by atoms with Gasteiger partial charge in [-0.1, -0.05) is 6.92 Å². The number of nitrogens with one attached hydrogen (secondary N) is 1. The lowest BCUT2D eigenvalue weighted by Gasteiger charge is -2.12. The first-order valence-corrected chi connectivity index (χ1v) is 5.33. The van der Waals surface area contributed by atoms with Gasteiger partial charge in [0.25, 0.3) is 0 Å². The number of hydrogen-bond donors (Lipinski definition) is 3. The van der Waals surface area contributed by atoms with Gasteiger partial charge in [-0.25, -0.2) is 0 Å². The lowest BCUT2D eigenvalue weighted by molar-refractivity contribution is 0.0813. The lowest BCUT2D eigenvalue weighted by Crippen LogP contribution is -2.19. The van der Waals surface area contributed by atoms with E-state index >= 15 is 0 Å². The summed E-state index contributed by atoms with van der Waals surface area (Å²) < 4.78 is 1.90. The Bertz CT molecular complexity index is 282. The highest BCUT2D eigenvalue weighted by molar-refractivity contribution is 5.15. The predicted molar refractivity (Wildman–Crippen MR) is 59.6 cm³/mol. The van der Waals surface area contributed by atoms with Gasteiger partial charge in [0, 0.05) is 18.4 Å². The Morgan fingerprint density at radius 3 is 2.80 bits per heavy atom. The summed E-state index contributed by atoms with van der Waals surface area (Å²) in [6, 6.07) is 2.40. The molecule has 1 heterocycles. The maximum absolute atomic E-state index is 9.29. The third kappa shape index (κ3) is 3.34. The molecule has 0 aromatic carbocycles. The van der Waals surface area contributed by atoms with E-state index in [0.717, 1.165) is 6.42 Å². The first kappa shape index (κ1) is 12.2. The van der Waals surface area contributed by atoms with Crippen LogP contribution in [0.25, 0.3) is 0 Å². The fraction of sp³-hybridized carbons (Fsp3) is 0.636. The number of aliphatic hydroxyl groups excluding tert-OH is 2. The van der Waals surface area contributed by atoms with Crippen molar-refractivity contribution in [3.05, 3.63) is 24.0 Å². The Morgan fingerprint density at radius 2 is 2.27 bits per heavy atom. The van der Waals surface area contributed by atoms with Gasteiger partial charge in [-0.15, -0.1) is 0 Å². The monoisotopic (exact) mass is 212 g/mol. The van der Waals surface area contributed by atoms with Crippen molar-refractivity contribution in [3.63, 3.8) is 0 Å². The van der Waals surface area contributed by atoms with E-state index in [9.17, 15) is 5.11 Å². The molecule has 0 saturated heterocycles. The van der Waals surface area contributed by atoms with Crippen molar-refractivity contribution in [2.45, 2.75) is 32.0 Å². The summed E-state index contributed by atoms with van der Waals surface area (Å²) >= 11 is 0. The molecule has 1 aromatic rings. The smallest absolute Gasteiger partial charge is 0.0949 e. The van der Waals surface area contributed by atoms with Gasteiger partial charge < -0.3 is 20.1 Å². The van der Waals surface area contributed by atoms with Crippen molar-refractivity contribution in [1.29, 1.82) is 0 Å². The summed E-state index contributed by atoms with van der Waals surface area (Å²) in [6.07, 6.45) is 4.28. The van der Waals surface area contributed by atoms with Crippen molar-refractivity contribution >= 4 is 0 Å². The molecule has 0 aliphatic heterocycles. The van der Waals surface area contributed by atoms with E-state index in [0.29, 0.717) is 12.6 Å². The highest BCUT2D eigenvalue weighted by atomic mass is 16.3. The molecule has 0 spiro atoms. The standard InChI is InChI=1S/C11H20N2O2/c1-3-11(12-2)9-4-5-13(6-9)7-10(15)8-14/h4-6,10-12,14-15H,3,7-8H2,1-2H3. The molecular weight excluding hydrogens is 192 g/mol. The Balaban J connectivity index is 2.63. The van der Waals surface area contributed by atoms with Crippen molar-refractivity contribution < 1.29 is 10.2 Å². The Hall–Kier alpha value is -0.840. The highest BCUT2D eigenvalue weighted by Crippen LogP contribution is 2.16. The van der Waals surface area contributed by atoms with Crippen LogP contribution in [0.3, 0.4) is 0 Å². The van der Waals surface area contributed by atoms with E-state index in [1.54, 1.807) is 0 Å². The third-order valence-corrected chi connectivity index (χ3v) is 2.56. The second kappa shape index (κ2) is 5.90. The zero-order valence-electron chi connectivity index (χ0n) is 9.35. The van der Waals surface area contributed by atoms with E-state index in [4.69, 9.17) is 5.11 Å². The zero-order chi connectivity index (χ0) is 11.3. The predicted octanol–water partition coefficient (Wildman–Crippen LogP) is 0.512. The quantitative estimate of drug-likeness (QED) is 0.644. The average molecular weight is 212 g/mol. The van der Waals surface area contributed by atoms with Crippen molar-refractivity contribution in [3.8, 4) is 0 Å². The van der Waals surface area contributed by atoms with Gasteiger partial charge in [-0.2, -0.15) is 0 Å². The Kier molecular flexibility index (Phi) is 4.81. The number of aliphatic hydroxyl groups is 2. The van der Waals surface area contributed by atoms with Crippen LogP contribution < -0.4 is 5.32 Å². The maximum Gasteiger partial charge on any atom is 0.0949 e. The molecule has 4 nitrogen and oxygen atoms in total. The second-order valence-electron chi connectivity index (χ2n) is 3.73. The normalized spacial score (nSPS) is 15.2. The van der Waals surface area contributed by atoms with Crippen LogP contribution in [-0.2, 0) is 6.54 Å². The molecule has 86 valence electrons. The fourth-order valence-corrected chi connectivity index (χ4v) is 1.69. The Labute approximate surface area is 90.5 Å². The van der Waals surface area contributed by atoms with Crippen LogP contribution in [0.5, 0.6) is 0 Å². The van der Waals surface area contributed by atoms with Crippen LogP contribution in [0.4, 0.5) is 0 Å². The minimum Gasteiger partial charge on any atom is -0.394 e. The molecule has 0 bridgehead atoms. The van der Waals surface area contributed by atoms with Gasteiger partial charge >= 0.3 is 0 Å². The van der Waals surface area contributed by atoms with Gasteiger partial charge in [0.2, 0.25) is 0 Å². The minimum atomic E-state index is -0.681. The van der Waals surface area contributed by atoms with Crippen LogP contribution in [0, 0.1) is 0 Å². The van der Waals surface area contributed by atoms with E-state index in [1.165, 1.54) is 5.56 Å². The molecule has 1 rings (SSSR count). The Morgan fingerprint density at radius 1 is 1.53 bits per heavy atom. The fourth-order valence-electron chi connectivity index (χ4n) is 1.69. The van der Waals surface area contributed by atoms with Gasteiger partial charge in [-0.3, -0.25) is 0 Å². The first-order chi connectivity index (χ1) is 7.21. The van der Waals surface area contributed by atoms with Crippen molar-refractivity contribution in [1.82, 2.24) is 9.88 Å². The van der Waals surface area contributed by atoms with Crippen LogP contribution in [-0.4, -0.2) is 34.5 Å². The van der Waals surface area contributed by atoms with E-state index in [2.05, 4.69) is 12.2 Å². The highest BCUT2D eigenvalue weighted by Gasteiger charge is 2.09. The molecule has 4 heteroatoms. The average Bonchev–Trinajstić information content (AvgIpc) is 2.68. The summed E-state index contributed by atoms with van der Waals surface area (Å²) in [5.41, 5.74) is 1.21. The van der Waals surface area contributed by atoms with Crippen LogP contribution >= 0.6 is 0 Å². The van der Waals surface area contributed by atoms with E-state index in [-0.39, 0.29) is 6.61 Å². The molecular formula is C11H20N2O2. The van der Waals surface area contributed by atoms with E-state index in [1.807, 2.05) is 30.1 Å². The van der Waals surface area contributed by atoms with Crippen molar-refractivity contribution in [2.24, 2.45) is 0 Å². The molecule has 0 radical (unpaired) electrons. The summed E-state index contributed by atoms with van der Waals surface area (Å²) in [7, 11) is 1.94. The summed E-state index contributed by atoms with van der Waals surface area (Å²) in [5, 5.41) is 21.2. The topological polar surface area (TPSA) is 57.4 Å². The van der Waals surface area contributed by atoms with Crippen LogP contribution in [0.1, 0.15) is 24.9 Å². The third-order valence-electron chi connectivity index (χ3n) is 2.56. The van der Waals surface area contributed by atoms with Crippen LogP contribution in [0.2, 0.25) is 0 Å². The number of hydrogen-bond acceptors (Lipinski definition) is 3. The number of nitrogens with zero attached hydrogens (tertiary/aromatic N) is 1. The molecule has 3 N–H and O–H groups in total. The minimum absolute atomic E-state index is 0.198. The zero-order valence-corrected chi connectivity index (χ0v) is 9.35. The molecule has 0 aliphatic rings. The number of aromatic nitrogens is 1. The van der Waals surface area contributed by atoms with Crippen LogP contribution in [0.15, 0.2) is 18.5 Å². The molecule has 2 unspecified atom stereocenters. The van der Waals surface area contributed by atoms with Gasteiger partial charge in [0.15, 0.2) is 0 Å².